The number of hydrogen-bond donors (Lipinski definition) is 0. The average Bonchev–Trinajstić information content (AvgIpc) is 3.13. The number of aryl methyl sites for hydroxylation is 1. The van der Waals surface area contributed by atoms with Crippen molar-refractivity contribution in [1.82, 2.24) is 4.98 Å². The topological polar surface area (TPSA) is 48.4 Å². The highest BCUT2D eigenvalue weighted by Crippen LogP contribution is 2.18. The monoisotopic (exact) mass is 367 g/mol. The van der Waals surface area contributed by atoms with Gasteiger partial charge < -0.3 is 9.47 Å². The molecule has 0 bridgehead atoms. The summed E-state index contributed by atoms with van der Waals surface area (Å²) in [5, 5.41) is 2.89. The molecule has 3 aromatic rings. The van der Waals surface area contributed by atoms with Crippen LogP contribution in [0.3, 0.4) is 0 Å². The van der Waals surface area contributed by atoms with Crippen molar-refractivity contribution in [3.63, 3.8) is 0 Å². The lowest BCUT2D eigenvalue weighted by atomic mass is 10.1. The van der Waals surface area contributed by atoms with Gasteiger partial charge in [0.2, 0.25) is 0 Å². The molecule has 134 valence electrons. The molecule has 0 radical (unpaired) electrons. The lowest BCUT2D eigenvalue weighted by Crippen LogP contribution is -1.99. The van der Waals surface area contributed by atoms with E-state index >= 15 is 0 Å². The minimum atomic E-state index is 0.134. The van der Waals surface area contributed by atoms with Gasteiger partial charge in [-0.05, 0) is 43.3 Å². The second-order valence-electron chi connectivity index (χ2n) is 5.92. The lowest BCUT2D eigenvalue weighted by Gasteiger charge is -2.05. The number of hydrogen-bond acceptors (Lipinski definition) is 5. The van der Waals surface area contributed by atoms with Crippen molar-refractivity contribution in [2.24, 2.45) is 0 Å². The van der Waals surface area contributed by atoms with E-state index in [4.69, 9.17) is 9.47 Å². The van der Waals surface area contributed by atoms with Crippen LogP contribution in [-0.4, -0.2) is 10.8 Å². The molecule has 1 aromatic heterocycles. The molecular formula is C21H21NO3S. The molecule has 0 unspecified atom stereocenters. The van der Waals surface area contributed by atoms with Gasteiger partial charge in [0.05, 0.1) is 5.69 Å². The van der Waals surface area contributed by atoms with Gasteiger partial charge in [-0.1, -0.05) is 24.6 Å². The molecule has 1 heterocycles. The van der Waals surface area contributed by atoms with Crippen molar-refractivity contribution in [2.45, 2.75) is 33.5 Å². The Balaban J connectivity index is 1.50. The Hall–Kier alpha value is -2.66. The van der Waals surface area contributed by atoms with Gasteiger partial charge in [0.1, 0.15) is 29.7 Å². The molecule has 0 aliphatic rings. The molecule has 0 spiro atoms. The fraction of sp³-hybridized carbons (Fsp3) is 0.238. The number of ketones is 1. The first-order chi connectivity index (χ1) is 12.6. The Morgan fingerprint density at radius 2 is 1.58 bits per heavy atom. The highest BCUT2D eigenvalue weighted by atomic mass is 32.1. The first-order valence-corrected chi connectivity index (χ1v) is 9.41. The van der Waals surface area contributed by atoms with E-state index < -0.39 is 0 Å². The molecule has 5 heteroatoms. The smallest absolute Gasteiger partial charge is 0.162 e. The number of rotatable bonds is 8. The Morgan fingerprint density at radius 3 is 2.23 bits per heavy atom. The number of aromatic nitrogens is 1. The zero-order valence-corrected chi connectivity index (χ0v) is 15.7. The second kappa shape index (κ2) is 8.63. The maximum Gasteiger partial charge on any atom is 0.162 e. The summed E-state index contributed by atoms with van der Waals surface area (Å²) in [6.45, 7) is 4.74. The molecular weight excluding hydrogens is 346 g/mol. The van der Waals surface area contributed by atoms with Crippen LogP contribution in [0.4, 0.5) is 0 Å². The standard InChI is InChI=1S/C21H21NO3S/c1-3-20(23)16-6-10-19(11-7-16)24-12-17-14-26-21(22-17)13-25-18-8-4-15(2)5-9-18/h4-11,14H,3,12-13H2,1-2H3. The molecule has 3 rings (SSSR count). The van der Waals surface area contributed by atoms with Crippen LogP contribution >= 0.6 is 11.3 Å². The highest BCUT2D eigenvalue weighted by molar-refractivity contribution is 7.09. The van der Waals surface area contributed by atoms with Gasteiger partial charge in [-0.2, -0.15) is 0 Å². The predicted molar refractivity (Wildman–Crippen MR) is 103 cm³/mol. The first kappa shape index (κ1) is 18.1. The largest absolute Gasteiger partial charge is 0.487 e. The van der Waals surface area contributed by atoms with Crippen LogP contribution < -0.4 is 9.47 Å². The van der Waals surface area contributed by atoms with Crippen LogP contribution in [0.2, 0.25) is 0 Å². The summed E-state index contributed by atoms with van der Waals surface area (Å²) in [7, 11) is 0. The third kappa shape index (κ3) is 4.92. The molecule has 0 atom stereocenters. The normalized spacial score (nSPS) is 10.5. The van der Waals surface area contributed by atoms with E-state index in [1.54, 1.807) is 23.5 Å². The lowest BCUT2D eigenvalue weighted by molar-refractivity contribution is 0.0988. The van der Waals surface area contributed by atoms with E-state index in [9.17, 15) is 4.79 Å². The minimum Gasteiger partial charge on any atom is -0.487 e. The van der Waals surface area contributed by atoms with Gasteiger partial charge in [0.25, 0.3) is 0 Å². The van der Waals surface area contributed by atoms with Crippen LogP contribution in [0.15, 0.2) is 53.9 Å². The van der Waals surface area contributed by atoms with Crippen LogP contribution in [0.1, 0.15) is 40.0 Å². The van der Waals surface area contributed by atoms with Crippen LogP contribution in [-0.2, 0) is 13.2 Å². The third-order valence-electron chi connectivity index (χ3n) is 3.87. The average molecular weight is 367 g/mol. The Morgan fingerprint density at radius 1 is 0.962 bits per heavy atom. The Bertz CT molecular complexity index is 854. The van der Waals surface area contributed by atoms with E-state index in [2.05, 4.69) is 4.98 Å². The number of carbonyl (C=O) groups is 1. The molecule has 0 fully saturated rings. The van der Waals surface area contributed by atoms with Crippen molar-refractivity contribution < 1.29 is 14.3 Å². The van der Waals surface area contributed by atoms with Crippen LogP contribution in [0, 0.1) is 6.92 Å². The number of nitrogens with zero attached hydrogens (tertiary/aromatic N) is 1. The van der Waals surface area contributed by atoms with E-state index in [1.807, 2.05) is 55.6 Å². The molecule has 0 saturated carbocycles. The van der Waals surface area contributed by atoms with Crippen LogP contribution in [0.25, 0.3) is 0 Å². The van der Waals surface area contributed by atoms with Gasteiger partial charge in [-0.15, -0.1) is 11.3 Å². The van der Waals surface area contributed by atoms with E-state index in [-0.39, 0.29) is 5.78 Å². The second-order valence-corrected chi connectivity index (χ2v) is 6.87. The number of ether oxygens (including phenoxy) is 2. The van der Waals surface area contributed by atoms with Crippen molar-refractivity contribution in [2.75, 3.05) is 0 Å². The SMILES string of the molecule is CCC(=O)c1ccc(OCc2csc(COc3ccc(C)cc3)n2)cc1. The van der Waals surface area contributed by atoms with E-state index in [0.717, 1.165) is 22.2 Å². The molecule has 26 heavy (non-hydrogen) atoms. The molecule has 2 aromatic carbocycles. The summed E-state index contributed by atoms with van der Waals surface area (Å²) in [4.78, 5) is 16.2. The number of benzene rings is 2. The summed E-state index contributed by atoms with van der Waals surface area (Å²) in [5.74, 6) is 1.70. The van der Waals surface area contributed by atoms with Crippen molar-refractivity contribution in [1.29, 1.82) is 0 Å². The molecule has 0 N–H and O–H groups in total. The zero-order valence-electron chi connectivity index (χ0n) is 14.9. The Labute approximate surface area is 157 Å². The number of Topliss-reactive ketones (excluding diaryl/α,β-unsaturated/α-hetero) is 1. The summed E-state index contributed by atoms with van der Waals surface area (Å²) in [6.07, 6.45) is 0.506. The predicted octanol–water partition coefficient (Wildman–Crippen LogP) is 5.20. The minimum absolute atomic E-state index is 0.134. The molecule has 0 aliphatic heterocycles. The van der Waals surface area contributed by atoms with E-state index in [0.29, 0.717) is 25.2 Å². The maximum atomic E-state index is 11.6. The maximum absolute atomic E-state index is 11.6. The first-order valence-electron chi connectivity index (χ1n) is 8.53. The Kier molecular flexibility index (Phi) is 6.02. The molecule has 4 nitrogen and oxygen atoms in total. The van der Waals surface area contributed by atoms with Gasteiger partial charge in [-0.25, -0.2) is 4.98 Å². The van der Waals surface area contributed by atoms with Crippen molar-refractivity contribution in [3.8, 4) is 11.5 Å². The quantitative estimate of drug-likeness (QED) is 0.513. The summed E-state index contributed by atoms with van der Waals surface area (Å²) < 4.78 is 11.5. The van der Waals surface area contributed by atoms with Crippen LogP contribution in [0.5, 0.6) is 11.5 Å². The van der Waals surface area contributed by atoms with Gasteiger partial charge >= 0.3 is 0 Å². The zero-order chi connectivity index (χ0) is 18.4. The molecule has 0 aliphatic carbocycles. The van der Waals surface area contributed by atoms with Crippen molar-refractivity contribution >= 4 is 17.1 Å². The van der Waals surface area contributed by atoms with Crippen molar-refractivity contribution in [3.05, 3.63) is 75.7 Å². The fourth-order valence-corrected chi connectivity index (χ4v) is 3.05. The molecule has 0 saturated heterocycles. The van der Waals surface area contributed by atoms with Gasteiger partial charge in [0.15, 0.2) is 5.78 Å². The summed E-state index contributed by atoms with van der Waals surface area (Å²) in [5.41, 5.74) is 2.79. The fourth-order valence-electron chi connectivity index (χ4n) is 2.36. The van der Waals surface area contributed by atoms with Gasteiger partial charge in [0, 0.05) is 17.4 Å². The summed E-state index contributed by atoms with van der Waals surface area (Å²) >= 11 is 1.56. The number of carbonyl (C=O) groups excluding carboxylic acids is 1. The van der Waals surface area contributed by atoms with Gasteiger partial charge in [-0.3, -0.25) is 4.79 Å². The highest BCUT2D eigenvalue weighted by Gasteiger charge is 2.06. The molecule has 0 amide bonds. The third-order valence-corrected chi connectivity index (χ3v) is 4.74. The summed E-state index contributed by atoms with van der Waals surface area (Å²) in [6, 6.07) is 15.2. The van der Waals surface area contributed by atoms with E-state index in [1.165, 1.54) is 5.56 Å². The number of thiazole rings is 1.